The molecule has 0 radical (unpaired) electrons. The van der Waals surface area contributed by atoms with Crippen LogP contribution in [0.2, 0.25) is 0 Å². The van der Waals surface area contributed by atoms with Crippen LogP contribution in [0.1, 0.15) is 41.9 Å². The molecule has 0 aromatic carbocycles. The highest BCUT2D eigenvalue weighted by Crippen LogP contribution is 2.26. The maximum Gasteiger partial charge on any atom is 0.269 e. The lowest BCUT2D eigenvalue weighted by atomic mass is 9.94. The lowest BCUT2D eigenvalue weighted by Crippen LogP contribution is -2.44. The average molecular weight is 306 g/mol. The van der Waals surface area contributed by atoms with Crippen molar-refractivity contribution in [3.05, 3.63) is 30.1 Å². The van der Waals surface area contributed by atoms with Crippen LogP contribution >= 0.6 is 0 Å². The van der Waals surface area contributed by atoms with E-state index in [1.807, 2.05) is 0 Å². The van der Waals surface area contributed by atoms with Crippen LogP contribution in [0.5, 0.6) is 0 Å². The van der Waals surface area contributed by atoms with Crippen LogP contribution in [0.25, 0.3) is 0 Å². The maximum atomic E-state index is 12.4. The summed E-state index contributed by atoms with van der Waals surface area (Å²) < 4.78 is 5.39. The number of carbonyl (C=O) groups excluding carboxylic acids is 2. The van der Waals surface area contributed by atoms with Gasteiger partial charge in [0.25, 0.3) is 11.8 Å². The highest BCUT2D eigenvalue weighted by atomic mass is 16.5. The van der Waals surface area contributed by atoms with E-state index in [4.69, 9.17) is 10.5 Å². The lowest BCUT2D eigenvalue weighted by Gasteiger charge is -2.33. The van der Waals surface area contributed by atoms with Gasteiger partial charge in [-0.2, -0.15) is 5.10 Å². The van der Waals surface area contributed by atoms with E-state index in [9.17, 15) is 9.59 Å². The molecular weight excluding hydrogens is 284 g/mol. The zero-order valence-electron chi connectivity index (χ0n) is 12.7. The zero-order valence-corrected chi connectivity index (χ0v) is 12.7. The van der Waals surface area contributed by atoms with E-state index < -0.39 is 12.0 Å². The number of aromatic amines is 1. The van der Waals surface area contributed by atoms with Gasteiger partial charge in [-0.25, -0.2) is 0 Å². The molecule has 7 nitrogen and oxygen atoms in total. The van der Waals surface area contributed by atoms with Gasteiger partial charge in [0.05, 0.1) is 6.61 Å². The molecule has 2 amide bonds. The summed E-state index contributed by atoms with van der Waals surface area (Å²) in [5.74, 6) is -0.455. The summed E-state index contributed by atoms with van der Waals surface area (Å²) in [7, 11) is 0. The van der Waals surface area contributed by atoms with Crippen molar-refractivity contribution in [2.75, 3.05) is 19.7 Å². The Kier molecular flexibility index (Phi) is 5.32. The fourth-order valence-corrected chi connectivity index (χ4v) is 2.64. The van der Waals surface area contributed by atoms with Crippen molar-refractivity contribution in [3.63, 3.8) is 0 Å². The first-order valence-corrected chi connectivity index (χ1v) is 7.39. The SMILES string of the molecule is C=CCOC(C)C(=O)N1CCCC(c2cc(C(N)=O)n[nH]2)C1. The molecule has 2 heterocycles. The number of nitrogens with two attached hydrogens (primary N) is 1. The topological polar surface area (TPSA) is 101 Å². The molecule has 3 N–H and O–H groups in total. The normalized spacial score (nSPS) is 19.7. The Morgan fingerprint density at radius 2 is 2.45 bits per heavy atom. The summed E-state index contributed by atoms with van der Waals surface area (Å²) in [4.78, 5) is 25.3. The Bertz CT molecular complexity index is 555. The second-order valence-electron chi connectivity index (χ2n) is 5.46. The minimum absolute atomic E-state index is 0.0267. The van der Waals surface area contributed by atoms with Gasteiger partial charge >= 0.3 is 0 Å². The van der Waals surface area contributed by atoms with E-state index in [-0.39, 0.29) is 17.5 Å². The molecular formula is C15H22N4O3. The molecule has 7 heteroatoms. The van der Waals surface area contributed by atoms with Gasteiger partial charge in [-0.05, 0) is 25.8 Å². The van der Waals surface area contributed by atoms with Crippen molar-refractivity contribution in [1.29, 1.82) is 0 Å². The third kappa shape index (κ3) is 3.73. The van der Waals surface area contributed by atoms with Gasteiger partial charge in [-0.1, -0.05) is 6.08 Å². The summed E-state index contributed by atoms with van der Waals surface area (Å²) in [5.41, 5.74) is 6.27. The average Bonchev–Trinajstić information content (AvgIpc) is 3.02. The summed E-state index contributed by atoms with van der Waals surface area (Å²) >= 11 is 0. The largest absolute Gasteiger partial charge is 0.365 e. The number of rotatable bonds is 6. The van der Waals surface area contributed by atoms with Crippen LogP contribution < -0.4 is 5.73 Å². The van der Waals surface area contributed by atoms with Gasteiger partial charge in [-0.3, -0.25) is 14.7 Å². The molecule has 0 bridgehead atoms. The van der Waals surface area contributed by atoms with E-state index in [2.05, 4.69) is 16.8 Å². The Morgan fingerprint density at radius 1 is 1.68 bits per heavy atom. The van der Waals surface area contributed by atoms with Crippen LogP contribution in [-0.2, 0) is 9.53 Å². The summed E-state index contributed by atoms with van der Waals surface area (Å²) in [6.07, 6.45) is 2.97. The predicted molar refractivity (Wildman–Crippen MR) is 81.3 cm³/mol. The first kappa shape index (κ1) is 16.2. The van der Waals surface area contributed by atoms with Crippen molar-refractivity contribution >= 4 is 11.8 Å². The molecule has 2 atom stereocenters. The Balaban J connectivity index is 2.00. The number of primary amides is 1. The van der Waals surface area contributed by atoms with Crippen molar-refractivity contribution in [1.82, 2.24) is 15.1 Å². The van der Waals surface area contributed by atoms with E-state index in [1.54, 1.807) is 24.0 Å². The van der Waals surface area contributed by atoms with Gasteiger partial charge < -0.3 is 15.4 Å². The van der Waals surface area contributed by atoms with Crippen LogP contribution in [0.15, 0.2) is 18.7 Å². The molecule has 120 valence electrons. The van der Waals surface area contributed by atoms with E-state index in [1.165, 1.54) is 0 Å². The van der Waals surface area contributed by atoms with Crippen molar-refractivity contribution in [3.8, 4) is 0 Å². The molecule has 0 saturated carbocycles. The van der Waals surface area contributed by atoms with Crippen LogP contribution in [-0.4, -0.2) is 52.7 Å². The molecule has 0 aliphatic carbocycles. The first-order chi connectivity index (χ1) is 10.5. The third-order valence-electron chi connectivity index (χ3n) is 3.83. The smallest absolute Gasteiger partial charge is 0.269 e. The molecule has 1 fully saturated rings. The number of hydrogen-bond donors (Lipinski definition) is 2. The number of H-pyrrole nitrogens is 1. The number of aromatic nitrogens is 2. The predicted octanol–water partition coefficient (Wildman–Crippen LogP) is 0.806. The molecule has 2 rings (SSSR count). The Morgan fingerprint density at radius 3 is 3.09 bits per heavy atom. The summed E-state index contributed by atoms with van der Waals surface area (Å²) in [5, 5.41) is 6.74. The number of carbonyl (C=O) groups is 2. The van der Waals surface area contributed by atoms with Crippen molar-refractivity contribution < 1.29 is 14.3 Å². The quantitative estimate of drug-likeness (QED) is 0.759. The van der Waals surface area contributed by atoms with Gasteiger partial charge in [-0.15, -0.1) is 6.58 Å². The lowest BCUT2D eigenvalue weighted by molar-refractivity contribution is -0.143. The minimum atomic E-state index is -0.558. The first-order valence-electron chi connectivity index (χ1n) is 7.39. The number of likely N-dealkylation sites (tertiary alicyclic amines) is 1. The molecule has 1 aliphatic heterocycles. The Hall–Kier alpha value is -2.15. The highest BCUT2D eigenvalue weighted by Gasteiger charge is 2.29. The Labute approximate surface area is 129 Å². The number of ether oxygens (including phenoxy) is 1. The van der Waals surface area contributed by atoms with Gasteiger partial charge in [0.1, 0.15) is 11.8 Å². The van der Waals surface area contributed by atoms with Gasteiger partial charge in [0, 0.05) is 24.7 Å². The van der Waals surface area contributed by atoms with E-state index in [0.717, 1.165) is 18.5 Å². The maximum absolute atomic E-state index is 12.4. The highest BCUT2D eigenvalue weighted by molar-refractivity contribution is 5.90. The summed E-state index contributed by atoms with van der Waals surface area (Å²) in [6.45, 7) is 6.98. The molecule has 22 heavy (non-hydrogen) atoms. The van der Waals surface area contributed by atoms with Gasteiger partial charge in [0.2, 0.25) is 0 Å². The minimum Gasteiger partial charge on any atom is -0.365 e. The molecule has 2 unspecified atom stereocenters. The second-order valence-corrected chi connectivity index (χ2v) is 5.46. The molecule has 1 aromatic rings. The molecule has 1 aliphatic rings. The molecule has 1 aromatic heterocycles. The second kappa shape index (κ2) is 7.22. The monoisotopic (exact) mass is 306 g/mol. The summed E-state index contributed by atoms with van der Waals surface area (Å²) in [6, 6.07) is 1.67. The van der Waals surface area contributed by atoms with Crippen LogP contribution in [0, 0.1) is 0 Å². The van der Waals surface area contributed by atoms with Crippen molar-refractivity contribution in [2.45, 2.75) is 31.8 Å². The third-order valence-corrected chi connectivity index (χ3v) is 3.83. The number of piperidine rings is 1. The standard InChI is InChI=1S/C15H22N4O3/c1-3-7-22-10(2)15(21)19-6-4-5-11(9-19)12-8-13(14(16)20)18-17-12/h3,8,10-11H,1,4-7,9H2,2H3,(H2,16,20)(H,17,18). The molecule has 1 saturated heterocycles. The fourth-order valence-electron chi connectivity index (χ4n) is 2.64. The van der Waals surface area contributed by atoms with E-state index >= 15 is 0 Å². The molecule has 0 spiro atoms. The van der Waals surface area contributed by atoms with Crippen LogP contribution in [0.4, 0.5) is 0 Å². The number of nitrogens with one attached hydrogen (secondary N) is 1. The number of amides is 2. The number of nitrogens with zero attached hydrogens (tertiary/aromatic N) is 2. The van der Waals surface area contributed by atoms with Crippen molar-refractivity contribution in [2.24, 2.45) is 5.73 Å². The zero-order chi connectivity index (χ0) is 16.1. The van der Waals surface area contributed by atoms with Crippen LogP contribution in [0.3, 0.4) is 0 Å². The van der Waals surface area contributed by atoms with E-state index in [0.29, 0.717) is 19.7 Å². The number of hydrogen-bond acceptors (Lipinski definition) is 4. The fraction of sp³-hybridized carbons (Fsp3) is 0.533. The van der Waals surface area contributed by atoms with Gasteiger partial charge in [0.15, 0.2) is 0 Å².